The Morgan fingerprint density at radius 2 is 1.49 bits per heavy atom. The van der Waals surface area contributed by atoms with Crippen LogP contribution >= 0.6 is 0 Å². The fourth-order valence-corrected chi connectivity index (χ4v) is 7.23. The van der Waals surface area contributed by atoms with Crippen molar-refractivity contribution in [3.8, 4) is 0 Å². The van der Waals surface area contributed by atoms with E-state index in [-0.39, 0.29) is 22.5 Å². The van der Waals surface area contributed by atoms with Crippen molar-refractivity contribution < 1.29 is 32.3 Å². The summed E-state index contributed by atoms with van der Waals surface area (Å²) in [4.78, 5) is 26.5. The van der Waals surface area contributed by atoms with Crippen molar-refractivity contribution in [2.45, 2.75) is 35.9 Å². The second-order valence-corrected chi connectivity index (χ2v) is 13.3. The van der Waals surface area contributed by atoms with Gasteiger partial charge in [-0.2, -0.15) is 0 Å². The maximum atomic E-state index is 13.7. The molecule has 3 aliphatic heterocycles. The van der Waals surface area contributed by atoms with E-state index in [0.29, 0.717) is 30.6 Å². The highest BCUT2D eigenvalue weighted by Gasteiger charge is 2.50. The van der Waals surface area contributed by atoms with E-state index in [2.05, 4.69) is 5.32 Å². The van der Waals surface area contributed by atoms with Crippen LogP contribution in [0.25, 0.3) is 0 Å². The van der Waals surface area contributed by atoms with Gasteiger partial charge in [0, 0.05) is 38.0 Å². The van der Waals surface area contributed by atoms with Crippen LogP contribution in [0.5, 0.6) is 0 Å². The molecule has 6 rings (SSSR count). The number of nitrogens with zero attached hydrogens (tertiary/aromatic N) is 1. The summed E-state index contributed by atoms with van der Waals surface area (Å²) in [7, 11) is -3.52. The molecule has 8 nitrogen and oxygen atoms in total. The van der Waals surface area contributed by atoms with Crippen LogP contribution in [0.15, 0.2) is 89.8 Å². The van der Waals surface area contributed by atoms with E-state index >= 15 is 0 Å². The molecule has 3 aromatic carbocycles. The first-order chi connectivity index (χ1) is 19.6. The van der Waals surface area contributed by atoms with Gasteiger partial charge in [0.05, 0.1) is 30.1 Å². The zero-order valence-corrected chi connectivity index (χ0v) is 24.1. The molecule has 0 radical (unpaired) electrons. The van der Waals surface area contributed by atoms with Gasteiger partial charge in [0.25, 0.3) is 5.91 Å². The number of rotatable bonds is 10. The summed E-state index contributed by atoms with van der Waals surface area (Å²) >= 11 is 0. The number of quaternary nitrogens is 1. The van der Waals surface area contributed by atoms with E-state index in [0.717, 1.165) is 43.2 Å². The van der Waals surface area contributed by atoms with Gasteiger partial charge >= 0.3 is 5.97 Å². The molecule has 2 bridgehead atoms. The van der Waals surface area contributed by atoms with Gasteiger partial charge in [0.1, 0.15) is 6.54 Å². The predicted molar refractivity (Wildman–Crippen MR) is 155 cm³/mol. The SMILES string of the molecule is CS(=O)(=O)c1ccccc1C(=O)NCCC[N+]12CCC(CC1)[C@@H](OC(=O)C(O)(c1ccccc1)c1ccccc1)C2. The van der Waals surface area contributed by atoms with Crippen molar-refractivity contribution in [3.63, 3.8) is 0 Å². The summed E-state index contributed by atoms with van der Waals surface area (Å²) in [6, 6.07) is 24.0. The standard InChI is InChI=1S/C32H36N2O6S/c1-41(38,39)29-16-9-8-15-27(29)30(35)33-19-10-20-34-21-17-24(18-22-34)28(23-34)40-31(36)32(37,25-11-4-2-5-12-25)26-13-6-3-7-14-26/h2-9,11-16,24,28,37H,10,17-23H2,1H3/p+1/t24?,28-,34?/m0/s1. The molecule has 3 aromatic rings. The van der Waals surface area contributed by atoms with Crippen LogP contribution in [-0.4, -0.2) is 75.0 Å². The number of carbonyl (C=O) groups excluding carboxylic acids is 2. The largest absolute Gasteiger partial charge is 0.453 e. The second-order valence-electron chi connectivity index (χ2n) is 11.3. The second kappa shape index (κ2) is 11.8. The lowest BCUT2D eigenvalue weighted by Crippen LogP contribution is -2.65. The summed E-state index contributed by atoms with van der Waals surface area (Å²) in [6.07, 6.45) is 3.36. The Bertz CT molecular complexity index is 1450. The van der Waals surface area contributed by atoms with Crippen LogP contribution < -0.4 is 5.32 Å². The van der Waals surface area contributed by atoms with Crippen molar-refractivity contribution >= 4 is 21.7 Å². The fraction of sp³-hybridized carbons (Fsp3) is 0.375. The van der Waals surface area contributed by atoms with E-state index in [9.17, 15) is 23.1 Å². The van der Waals surface area contributed by atoms with Gasteiger partial charge < -0.3 is 19.6 Å². The third-order valence-electron chi connectivity index (χ3n) is 8.60. The third kappa shape index (κ3) is 6.07. The number of aliphatic hydroxyl groups is 1. The molecule has 0 aliphatic carbocycles. The monoisotopic (exact) mass is 577 g/mol. The number of benzene rings is 3. The molecule has 2 N–H and O–H groups in total. The minimum absolute atomic E-state index is 0.0214. The zero-order chi connectivity index (χ0) is 29.1. The number of esters is 1. The van der Waals surface area contributed by atoms with Crippen molar-refractivity contribution in [3.05, 3.63) is 102 Å². The Kier molecular flexibility index (Phi) is 8.31. The molecule has 41 heavy (non-hydrogen) atoms. The lowest BCUT2D eigenvalue weighted by molar-refractivity contribution is -0.946. The number of sulfone groups is 1. The Hall–Kier alpha value is -3.53. The summed E-state index contributed by atoms with van der Waals surface area (Å²) in [5, 5.41) is 14.7. The number of hydrogen-bond acceptors (Lipinski definition) is 6. The minimum atomic E-state index is -3.52. The molecule has 3 saturated heterocycles. The van der Waals surface area contributed by atoms with E-state index < -0.39 is 27.3 Å². The molecule has 3 fully saturated rings. The number of ether oxygens (including phenoxy) is 1. The van der Waals surface area contributed by atoms with Crippen LogP contribution in [0.1, 0.15) is 40.7 Å². The van der Waals surface area contributed by atoms with Crippen LogP contribution in [0.2, 0.25) is 0 Å². The van der Waals surface area contributed by atoms with Crippen molar-refractivity contribution in [1.29, 1.82) is 0 Å². The molecule has 216 valence electrons. The molecule has 0 unspecified atom stereocenters. The predicted octanol–water partition coefficient (Wildman–Crippen LogP) is 3.30. The lowest BCUT2D eigenvalue weighted by atomic mass is 9.82. The smallest absolute Gasteiger partial charge is 0.348 e. The molecule has 0 saturated carbocycles. The van der Waals surface area contributed by atoms with E-state index in [4.69, 9.17) is 4.74 Å². The van der Waals surface area contributed by atoms with Gasteiger partial charge in [-0.3, -0.25) is 4.79 Å². The molecular weight excluding hydrogens is 540 g/mol. The van der Waals surface area contributed by atoms with Gasteiger partial charge in [0.2, 0.25) is 5.60 Å². The van der Waals surface area contributed by atoms with E-state index in [1.54, 1.807) is 60.7 Å². The molecule has 1 amide bonds. The number of nitrogens with one attached hydrogen (secondary N) is 1. The minimum Gasteiger partial charge on any atom is -0.453 e. The van der Waals surface area contributed by atoms with Gasteiger partial charge in [-0.05, 0) is 23.3 Å². The Labute approximate surface area is 241 Å². The topological polar surface area (TPSA) is 110 Å². The number of fused-ring (bicyclic) bond motifs is 3. The normalized spacial score (nSPS) is 22.2. The summed E-state index contributed by atoms with van der Waals surface area (Å²) in [5.74, 6) is -0.818. The molecule has 0 aromatic heterocycles. The molecular formula is C32H37N2O6S+. The Balaban J connectivity index is 1.23. The molecule has 3 heterocycles. The first kappa shape index (κ1) is 29.0. The highest BCUT2D eigenvalue weighted by molar-refractivity contribution is 7.90. The zero-order valence-electron chi connectivity index (χ0n) is 23.2. The quantitative estimate of drug-likeness (QED) is 0.217. The lowest BCUT2D eigenvalue weighted by Gasteiger charge is -2.52. The fourth-order valence-electron chi connectivity index (χ4n) is 6.34. The first-order valence-electron chi connectivity index (χ1n) is 14.1. The van der Waals surface area contributed by atoms with Crippen LogP contribution in [0.3, 0.4) is 0 Å². The van der Waals surface area contributed by atoms with E-state index in [1.807, 2.05) is 12.1 Å². The van der Waals surface area contributed by atoms with E-state index in [1.165, 1.54) is 12.1 Å². The molecule has 3 aliphatic rings. The van der Waals surface area contributed by atoms with Gasteiger partial charge in [0.15, 0.2) is 15.9 Å². The molecule has 9 heteroatoms. The average molecular weight is 578 g/mol. The number of amides is 1. The van der Waals surface area contributed by atoms with Gasteiger partial charge in [-0.15, -0.1) is 0 Å². The van der Waals surface area contributed by atoms with Crippen LogP contribution in [0.4, 0.5) is 0 Å². The molecule has 0 spiro atoms. The van der Waals surface area contributed by atoms with Crippen LogP contribution in [0, 0.1) is 5.92 Å². The highest BCUT2D eigenvalue weighted by atomic mass is 32.2. The first-order valence-corrected chi connectivity index (χ1v) is 16.0. The van der Waals surface area contributed by atoms with Crippen molar-refractivity contribution in [2.75, 3.05) is 39.0 Å². The summed E-state index contributed by atoms with van der Waals surface area (Å²) in [5.41, 5.74) is -0.826. The van der Waals surface area contributed by atoms with Crippen LogP contribution in [-0.2, 0) is 25.0 Å². The number of carbonyl (C=O) groups is 2. The van der Waals surface area contributed by atoms with Crippen molar-refractivity contribution in [2.24, 2.45) is 5.92 Å². The summed E-state index contributed by atoms with van der Waals surface area (Å²) < 4.78 is 31.1. The third-order valence-corrected chi connectivity index (χ3v) is 9.76. The molecule has 1 atom stereocenters. The Morgan fingerprint density at radius 1 is 0.927 bits per heavy atom. The number of piperidine rings is 3. The van der Waals surface area contributed by atoms with Gasteiger partial charge in [-0.25, -0.2) is 13.2 Å². The maximum absolute atomic E-state index is 13.7. The Morgan fingerprint density at radius 3 is 2.07 bits per heavy atom. The highest BCUT2D eigenvalue weighted by Crippen LogP contribution is 2.38. The number of hydrogen-bond donors (Lipinski definition) is 2. The van der Waals surface area contributed by atoms with Crippen molar-refractivity contribution in [1.82, 2.24) is 5.32 Å². The van der Waals surface area contributed by atoms with Gasteiger partial charge in [-0.1, -0.05) is 72.8 Å². The maximum Gasteiger partial charge on any atom is 0.348 e. The average Bonchev–Trinajstić information content (AvgIpc) is 3.00. The summed E-state index contributed by atoms with van der Waals surface area (Å²) in [6.45, 7) is 3.83.